The van der Waals surface area contributed by atoms with Gasteiger partial charge in [0.15, 0.2) is 5.13 Å². The lowest BCUT2D eigenvalue weighted by molar-refractivity contribution is 0.0938. The first kappa shape index (κ1) is 15.9. The Kier molecular flexibility index (Phi) is 4.44. The summed E-state index contributed by atoms with van der Waals surface area (Å²) in [6, 6.07) is 6.27. The maximum atomic E-state index is 12.5. The van der Waals surface area contributed by atoms with E-state index >= 15 is 0 Å². The van der Waals surface area contributed by atoms with Gasteiger partial charge in [0.05, 0.1) is 10.2 Å². The number of thiazole rings is 1. The Balaban J connectivity index is 1.51. The van der Waals surface area contributed by atoms with Crippen molar-refractivity contribution in [1.82, 2.24) is 10.3 Å². The number of nitrogens with zero attached hydrogens (tertiary/aromatic N) is 2. The van der Waals surface area contributed by atoms with Crippen LogP contribution in [-0.4, -0.2) is 30.0 Å². The van der Waals surface area contributed by atoms with Crippen LogP contribution in [0.1, 0.15) is 55.8 Å². The van der Waals surface area contributed by atoms with Crippen molar-refractivity contribution in [2.75, 3.05) is 18.0 Å². The molecule has 1 saturated carbocycles. The van der Waals surface area contributed by atoms with Crippen LogP contribution >= 0.6 is 11.3 Å². The molecule has 0 atom stereocenters. The number of benzene rings is 1. The zero-order chi connectivity index (χ0) is 16.5. The van der Waals surface area contributed by atoms with Gasteiger partial charge in [-0.05, 0) is 49.8 Å². The number of fused-ring (bicyclic) bond motifs is 1. The molecular formula is C19H25N3OS. The normalized spacial score (nSPS) is 20.0. The first-order valence-corrected chi connectivity index (χ1v) is 9.97. The number of hydrogen-bond acceptors (Lipinski definition) is 4. The molecule has 4 nitrogen and oxygen atoms in total. The van der Waals surface area contributed by atoms with E-state index in [0.29, 0.717) is 6.04 Å². The third-order valence-electron chi connectivity index (χ3n) is 5.38. The number of amides is 1. The van der Waals surface area contributed by atoms with Gasteiger partial charge < -0.3 is 10.2 Å². The van der Waals surface area contributed by atoms with Crippen LogP contribution in [0.4, 0.5) is 5.13 Å². The predicted octanol–water partition coefficient (Wildman–Crippen LogP) is 4.21. The molecule has 128 valence electrons. The highest BCUT2D eigenvalue weighted by atomic mass is 32.1. The fourth-order valence-electron chi connectivity index (χ4n) is 3.73. The molecule has 5 heteroatoms. The lowest BCUT2D eigenvalue weighted by Gasteiger charge is -2.29. The molecule has 1 aromatic carbocycles. The van der Waals surface area contributed by atoms with Gasteiger partial charge in [0.25, 0.3) is 5.91 Å². The highest BCUT2D eigenvalue weighted by Gasteiger charge is 2.20. The standard InChI is InChI=1S/C19H25N3OS/c1-13-8-10-22(11-9-13)19-21-16-7-6-14(12-17(16)24-19)18(23)20-15-4-2-3-5-15/h6-7,12-13,15H,2-5,8-11H2,1H3,(H,20,23). The van der Waals surface area contributed by atoms with Gasteiger partial charge in [0, 0.05) is 24.7 Å². The van der Waals surface area contributed by atoms with Crippen molar-refractivity contribution < 1.29 is 4.79 Å². The van der Waals surface area contributed by atoms with E-state index in [0.717, 1.165) is 52.8 Å². The molecule has 2 aromatic rings. The minimum Gasteiger partial charge on any atom is -0.349 e. The maximum Gasteiger partial charge on any atom is 0.251 e. The van der Waals surface area contributed by atoms with E-state index in [1.54, 1.807) is 11.3 Å². The second kappa shape index (κ2) is 6.71. The van der Waals surface area contributed by atoms with Crippen LogP contribution in [-0.2, 0) is 0 Å². The Labute approximate surface area is 147 Å². The van der Waals surface area contributed by atoms with Gasteiger partial charge in [-0.3, -0.25) is 4.79 Å². The van der Waals surface area contributed by atoms with Crippen molar-refractivity contribution in [3.63, 3.8) is 0 Å². The van der Waals surface area contributed by atoms with Crippen molar-refractivity contribution in [3.8, 4) is 0 Å². The summed E-state index contributed by atoms with van der Waals surface area (Å²) in [5.74, 6) is 0.882. The molecular weight excluding hydrogens is 318 g/mol. The maximum absolute atomic E-state index is 12.5. The molecule has 1 aliphatic heterocycles. The number of anilines is 1. The fraction of sp³-hybridized carbons (Fsp3) is 0.579. The van der Waals surface area contributed by atoms with E-state index in [4.69, 9.17) is 4.98 Å². The molecule has 1 saturated heterocycles. The number of nitrogens with one attached hydrogen (secondary N) is 1. The molecule has 1 aliphatic carbocycles. The summed E-state index contributed by atoms with van der Waals surface area (Å²) in [7, 11) is 0. The Hall–Kier alpha value is -1.62. The molecule has 2 aliphatic rings. The van der Waals surface area contributed by atoms with Gasteiger partial charge in [0.1, 0.15) is 0 Å². The molecule has 1 aromatic heterocycles. The highest BCUT2D eigenvalue weighted by Crippen LogP contribution is 2.32. The summed E-state index contributed by atoms with van der Waals surface area (Å²) in [6.45, 7) is 4.51. The number of piperidine rings is 1. The molecule has 1 N–H and O–H groups in total. The largest absolute Gasteiger partial charge is 0.349 e. The number of aromatic nitrogens is 1. The van der Waals surface area contributed by atoms with Crippen LogP contribution in [0.2, 0.25) is 0 Å². The van der Waals surface area contributed by atoms with Gasteiger partial charge in [-0.2, -0.15) is 0 Å². The van der Waals surface area contributed by atoms with E-state index in [-0.39, 0.29) is 5.91 Å². The van der Waals surface area contributed by atoms with Crippen molar-refractivity contribution >= 4 is 32.6 Å². The van der Waals surface area contributed by atoms with Crippen LogP contribution in [0.25, 0.3) is 10.2 Å². The zero-order valence-corrected chi connectivity index (χ0v) is 15.1. The van der Waals surface area contributed by atoms with E-state index in [1.807, 2.05) is 18.2 Å². The highest BCUT2D eigenvalue weighted by molar-refractivity contribution is 7.22. The van der Waals surface area contributed by atoms with Crippen LogP contribution < -0.4 is 10.2 Å². The molecule has 1 amide bonds. The number of carbonyl (C=O) groups is 1. The Morgan fingerprint density at radius 3 is 2.71 bits per heavy atom. The van der Waals surface area contributed by atoms with Gasteiger partial charge in [-0.25, -0.2) is 4.98 Å². The Morgan fingerprint density at radius 1 is 1.21 bits per heavy atom. The molecule has 0 radical (unpaired) electrons. The molecule has 4 rings (SSSR count). The lowest BCUT2D eigenvalue weighted by Crippen LogP contribution is -2.32. The Morgan fingerprint density at radius 2 is 1.96 bits per heavy atom. The van der Waals surface area contributed by atoms with E-state index in [9.17, 15) is 4.79 Å². The molecule has 2 heterocycles. The number of carbonyl (C=O) groups excluding carboxylic acids is 1. The van der Waals surface area contributed by atoms with Crippen LogP contribution in [0, 0.1) is 5.92 Å². The third kappa shape index (κ3) is 3.27. The van der Waals surface area contributed by atoms with Crippen LogP contribution in [0.3, 0.4) is 0 Å². The van der Waals surface area contributed by atoms with Gasteiger partial charge in [-0.1, -0.05) is 31.1 Å². The lowest BCUT2D eigenvalue weighted by atomic mass is 10.00. The van der Waals surface area contributed by atoms with Crippen molar-refractivity contribution in [3.05, 3.63) is 23.8 Å². The first-order valence-electron chi connectivity index (χ1n) is 9.15. The molecule has 2 fully saturated rings. The quantitative estimate of drug-likeness (QED) is 0.908. The third-order valence-corrected chi connectivity index (χ3v) is 6.46. The van der Waals surface area contributed by atoms with E-state index < -0.39 is 0 Å². The molecule has 0 spiro atoms. The zero-order valence-electron chi connectivity index (χ0n) is 14.3. The summed E-state index contributed by atoms with van der Waals surface area (Å²) >= 11 is 1.71. The molecule has 24 heavy (non-hydrogen) atoms. The van der Waals surface area contributed by atoms with Crippen LogP contribution in [0.5, 0.6) is 0 Å². The second-order valence-electron chi connectivity index (χ2n) is 7.30. The summed E-state index contributed by atoms with van der Waals surface area (Å²) in [6.07, 6.45) is 7.18. The van der Waals surface area contributed by atoms with Gasteiger partial charge >= 0.3 is 0 Å². The fourth-order valence-corrected chi connectivity index (χ4v) is 4.78. The first-order chi connectivity index (χ1) is 11.7. The molecule has 0 bridgehead atoms. The van der Waals surface area contributed by atoms with Gasteiger partial charge in [-0.15, -0.1) is 0 Å². The van der Waals surface area contributed by atoms with Crippen LogP contribution in [0.15, 0.2) is 18.2 Å². The van der Waals surface area contributed by atoms with Crippen molar-refractivity contribution in [2.45, 2.75) is 51.5 Å². The molecule has 0 unspecified atom stereocenters. The number of hydrogen-bond donors (Lipinski definition) is 1. The summed E-state index contributed by atoms with van der Waals surface area (Å²) < 4.78 is 1.11. The number of rotatable bonds is 3. The Bertz CT molecular complexity index is 727. The van der Waals surface area contributed by atoms with E-state index in [1.165, 1.54) is 25.7 Å². The predicted molar refractivity (Wildman–Crippen MR) is 100.0 cm³/mol. The van der Waals surface area contributed by atoms with Gasteiger partial charge in [0.2, 0.25) is 0 Å². The topological polar surface area (TPSA) is 45.2 Å². The summed E-state index contributed by atoms with van der Waals surface area (Å²) in [5, 5.41) is 4.27. The SMILES string of the molecule is CC1CCN(c2nc3ccc(C(=O)NC4CCCC4)cc3s2)CC1. The van der Waals surface area contributed by atoms with E-state index in [2.05, 4.69) is 17.1 Å². The van der Waals surface area contributed by atoms with Crippen molar-refractivity contribution in [2.24, 2.45) is 5.92 Å². The summed E-state index contributed by atoms with van der Waals surface area (Å²) in [4.78, 5) is 19.6. The average Bonchev–Trinajstić information content (AvgIpc) is 3.23. The smallest absolute Gasteiger partial charge is 0.251 e. The second-order valence-corrected chi connectivity index (χ2v) is 8.31. The summed E-state index contributed by atoms with van der Waals surface area (Å²) in [5.41, 5.74) is 1.77. The average molecular weight is 343 g/mol. The minimum absolute atomic E-state index is 0.0607. The van der Waals surface area contributed by atoms with Crippen molar-refractivity contribution in [1.29, 1.82) is 0 Å². The minimum atomic E-state index is 0.0607. The monoisotopic (exact) mass is 343 g/mol.